The van der Waals surface area contributed by atoms with E-state index in [-0.39, 0.29) is 11.9 Å². The molecule has 0 atom stereocenters. The summed E-state index contributed by atoms with van der Waals surface area (Å²) in [5.74, 6) is 0.0290. The van der Waals surface area contributed by atoms with Gasteiger partial charge in [-0.15, -0.1) is 0 Å². The van der Waals surface area contributed by atoms with Gasteiger partial charge in [-0.2, -0.15) is 0 Å². The van der Waals surface area contributed by atoms with Crippen molar-refractivity contribution in [2.45, 2.75) is 362 Å². The highest BCUT2D eigenvalue weighted by atomic mass is 16.5. The number of hydrogen-bond donors (Lipinski definition) is 0. The van der Waals surface area contributed by atoms with Crippen LogP contribution < -0.4 is 0 Å². The molecule has 0 aromatic heterocycles. The lowest BCUT2D eigenvalue weighted by atomic mass is 10.0. The summed E-state index contributed by atoms with van der Waals surface area (Å²) in [5, 5.41) is 0. The van der Waals surface area contributed by atoms with Crippen LogP contribution in [0.1, 0.15) is 362 Å². The first-order chi connectivity index (χ1) is 35.6. The quantitative estimate of drug-likeness (QED) is 0.0346. The lowest BCUT2D eigenvalue weighted by Gasteiger charge is -2.05. The number of carbonyl (C=O) groups is 2. The molecular weight excluding hydrogens is 881 g/mol. The van der Waals surface area contributed by atoms with Gasteiger partial charge in [0.2, 0.25) is 0 Å². The number of ether oxygens (including phenoxy) is 2. The minimum atomic E-state index is 0.0145. The monoisotopic (exact) mass is 1010 g/mol. The highest BCUT2D eigenvalue weighted by Gasteiger charge is 2.04. The Morgan fingerprint density at radius 2 is 0.431 bits per heavy atom. The number of carbonyl (C=O) groups excluding carboxylic acids is 2. The van der Waals surface area contributed by atoms with Crippen LogP contribution in [0, 0.1) is 0 Å². The van der Waals surface area contributed by atoms with Crippen LogP contribution in [-0.2, 0) is 19.1 Å². The molecule has 0 aromatic rings. The maximum absolute atomic E-state index is 11.9. The van der Waals surface area contributed by atoms with E-state index in [1.54, 1.807) is 0 Å². The summed E-state index contributed by atoms with van der Waals surface area (Å²) in [6.45, 7) is 10.3. The molecule has 4 nitrogen and oxygen atoms in total. The zero-order chi connectivity index (χ0) is 52.4. The number of unbranched alkanes of at least 4 members (excludes halogenated alkanes) is 42. The third kappa shape index (κ3) is 70.0. The Labute approximate surface area is 452 Å². The molecule has 72 heavy (non-hydrogen) atoms. The lowest BCUT2D eigenvalue weighted by molar-refractivity contribution is -0.144. The van der Waals surface area contributed by atoms with Crippen molar-refractivity contribution in [3.63, 3.8) is 0 Å². The van der Waals surface area contributed by atoms with Gasteiger partial charge >= 0.3 is 11.9 Å². The average Bonchev–Trinajstić information content (AvgIpc) is 3.38. The second kappa shape index (κ2) is 68.9. The second-order valence-corrected chi connectivity index (χ2v) is 21.6. The number of esters is 2. The zero-order valence-electron chi connectivity index (χ0n) is 49.4. The van der Waals surface area contributed by atoms with Gasteiger partial charge < -0.3 is 9.47 Å². The van der Waals surface area contributed by atoms with Crippen LogP contribution in [0.5, 0.6) is 0 Å². The predicted molar refractivity (Wildman–Crippen MR) is 321 cm³/mol. The van der Waals surface area contributed by atoms with E-state index in [1.165, 1.54) is 283 Å². The summed E-state index contributed by atoms with van der Waals surface area (Å²) in [6.07, 6.45) is 84.4. The van der Waals surface area contributed by atoms with Crippen LogP contribution >= 0.6 is 0 Å². The van der Waals surface area contributed by atoms with Crippen LogP contribution in [0.15, 0.2) is 48.6 Å². The number of allylic oxidation sites excluding steroid dienone is 8. The molecule has 424 valence electrons. The van der Waals surface area contributed by atoms with Crippen LogP contribution in [0.2, 0.25) is 0 Å². The summed E-state index contributed by atoms with van der Waals surface area (Å²) < 4.78 is 10.8. The molecule has 0 aromatic carbocycles. The molecule has 4 heteroatoms. The molecule has 0 unspecified atom stereocenters. The van der Waals surface area contributed by atoms with Crippen molar-refractivity contribution < 1.29 is 19.1 Å². The summed E-state index contributed by atoms with van der Waals surface area (Å²) in [4.78, 5) is 23.7. The third-order valence-electron chi connectivity index (χ3n) is 14.2. The molecule has 0 spiro atoms. The van der Waals surface area contributed by atoms with Crippen LogP contribution in [0.4, 0.5) is 0 Å². The molecule has 0 N–H and O–H groups in total. The molecular formula is C68H128O4. The van der Waals surface area contributed by atoms with Gasteiger partial charge in [0, 0.05) is 12.8 Å². The van der Waals surface area contributed by atoms with Crippen molar-refractivity contribution >= 4 is 11.9 Å². The van der Waals surface area contributed by atoms with E-state index in [4.69, 9.17) is 9.47 Å². The molecule has 0 rings (SSSR count). The Hall–Kier alpha value is -2.10. The van der Waals surface area contributed by atoms with E-state index >= 15 is 0 Å². The molecule has 0 aliphatic rings. The van der Waals surface area contributed by atoms with Gasteiger partial charge in [-0.25, -0.2) is 0 Å². The van der Waals surface area contributed by atoms with Crippen LogP contribution in [0.3, 0.4) is 0 Å². The third-order valence-corrected chi connectivity index (χ3v) is 14.2. The average molecular weight is 1010 g/mol. The smallest absolute Gasteiger partial charge is 0.305 e. The zero-order valence-corrected chi connectivity index (χ0v) is 49.4. The minimum absolute atomic E-state index is 0.0145. The van der Waals surface area contributed by atoms with E-state index in [1.807, 2.05) is 0 Å². The van der Waals surface area contributed by atoms with Crippen molar-refractivity contribution in [2.75, 3.05) is 13.2 Å². The maximum atomic E-state index is 11.9. The van der Waals surface area contributed by atoms with E-state index in [0.29, 0.717) is 26.1 Å². The van der Waals surface area contributed by atoms with Gasteiger partial charge in [-0.05, 0) is 89.9 Å². The molecule has 0 aliphatic heterocycles. The minimum Gasteiger partial charge on any atom is -0.466 e. The molecule has 0 aliphatic carbocycles. The topological polar surface area (TPSA) is 52.6 Å². The predicted octanol–water partition coefficient (Wildman–Crippen LogP) is 23.6. The van der Waals surface area contributed by atoms with E-state index in [2.05, 4.69) is 76.3 Å². The Bertz CT molecular complexity index is 1050. The largest absolute Gasteiger partial charge is 0.466 e. The van der Waals surface area contributed by atoms with E-state index < -0.39 is 0 Å². The molecule has 0 radical (unpaired) electrons. The summed E-state index contributed by atoms with van der Waals surface area (Å²) in [6, 6.07) is 0. The summed E-state index contributed by atoms with van der Waals surface area (Å²) >= 11 is 0. The first-order valence-electron chi connectivity index (χ1n) is 32.5. The summed E-state index contributed by atoms with van der Waals surface area (Å²) in [7, 11) is 0. The Morgan fingerprint density at radius 1 is 0.236 bits per heavy atom. The van der Waals surface area contributed by atoms with Gasteiger partial charge in [0.15, 0.2) is 0 Å². The summed E-state index contributed by atoms with van der Waals surface area (Å²) in [5.41, 5.74) is 0. The first-order valence-corrected chi connectivity index (χ1v) is 32.5. The number of hydrogen-bond acceptors (Lipinski definition) is 4. The maximum Gasteiger partial charge on any atom is 0.305 e. The Kier molecular flexibility index (Phi) is 68.9. The molecule has 0 saturated carbocycles. The molecule has 0 heterocycles. The fraction of sp³-hybridized carbons (Fsp3) is 0.853. The van der Waals surface area contributed by atoms with E-state index in [0.717, 1.165) is 38.5 Å². The van der Waals surface area contributed by atoms with E-state index in [9.17, 15) is 9.59 Å². The molecule has 0 amide bonds. The molecule has 0 bridgehead atoms. The van der Waals surface area contributed by atoms with Gasteiger partial charge in [0.25, 0.3) is 0 Å². The van der Waals surface area contributed by atoms with Gasteiger partial charge in [0.05, 0.1) is 13.2 Å². The SMILES string of the molecule is CCCCC/C=C\C/C=C\CCCCCCCCOC(=O)CCCCCCCCCCCCCCC.CCCCC/C=C\C/C=C\CCCCCCCCOC(=O)CCCCCCCCCCCCCCC. The highest BCUT2D eigenvalue weighted by molar-refractivity contribution is 5.69. The van der Waals surface area contributed by atoms with Crippen molar-refractivity contribution in [3.8, 4) is 0 Å². The van der Waals surface area contributed by atoms with Gasteiger partial charge in [0.1, 0.15) is 0 Å². The molecule has 0 saturated heterocycles. The first kappa shape index (κ1) is 72.0. The normalized spacial score (nSPS) is 11.7. The van der Waals surface area contributed by atoms with Crippen LogP contribution in [0.25, 0.3) is 0 Å². The standard InChI is InChI=1S/2C34H64O2/c2*1-3-5-7-9-11-13-15-17-18-19-21-23-25-27-29-31-33-36-34(35)32-30-28-26-24-22-20-16-14-12-10-8-6-4-2/h2*11,13,17-18H,3-10,12,14-16,19-33H2,1-2H3/b2*13-11-,18-17-. The van der Waals surface area contributed by atoms with Crippen molar-refractivity contribution in [1.29, 1.82) is 0 Å². The number of rotatable bonds is 58. The van der Waals surface area contributed by atoms with Gasteiger partial charge in [-0.3, -0.25) is 9.59 Å². The van der Waals surface area contributed by atoms with Crippen molar-refractivity contribution in [3.05, 3.63) is 48.6 Å². The lowest BCUT2D eigenvalue weighted by Crippen LogP contribution is -2.05. The van der Waals surface area contributed by atoms with Gasteiger partial charge in [-0.1, -0.05) is 307 Å². The van der Waals surface area contributed by atoms with Crippen LogP contribution in [-0.4, -0.2) is 25.2 Å². The Morgan fingerprint density at radius 3 is 0.694 bits per heavy atom. The fourth-order valence-corrected chi connectivity index (χ4v) is 9.27. The molecule has 0 fully saturated rings. The Balaban J connectivity index is 0. The highest BCUT2D eigenvalue weighted by Crippen LogP contribution is 2.16. The van der Waals surface area contributed by atoms with Crippen molar-refractivity contribution in [1.82, 2.24) is 0 Å². The second-order valence-electron chi connectivity index (χ2n) is 21.6. The fourth-order valence-electron chi connectivity index (χ4n) is 9.27. The van der Waals surface area contributed by atoms with Crippen molar-refractivity contribution in [2.24, 2.45) is 0 Å².